The van der Waals surface area contributed by atoms with Crippen molar-refractivity contribution in [3.8, 4) is 0 Å². The second-order valence-electron chi connectivity index (χ2n) is 3.02. The SMILES string of the molecule is NC(=O)[C@H](SCC(=O)[O-])c1ccc(Br)cc1. The van der Waals surface area contributed by atoms with Crippen molar-refractivity contribution in [3.63, 3.8) is 0 Å². The molecule has 0 aromatic heterocycles. The maximum atomic E-state index is 11.2. The topological polar surface area (TPSA) is 83.2 Å². The summed E-state index contributed by atoms with van der Waals surface area (Å²) >= 11 is 4.21. The molecule has 6 heteroatoms. The second-order valence-corrected chi connectivity index (χ2v) is 5.03. The summed E-state index contributed by atoms with van der Waals surface area (Å²) in [6.07, 6.45) is 0. The third-order valence-electron chi connectivity index (χ3n) is 1.80. The van der Waals surface area contributed by atoms with Crippen LogP contribution in [0.3, 0.4) is 0 Å². The summed E-state index contributed by atoms with van der Waals surface area (Å²) < 4.78 is 0.879. The van der Waals surface area contributed by atoms with Crippen molar-refractivity contribution < 1.29 is 14.7 Å². The van der Waals surface area contributed by atoms with Crippen LogP contribution < -0.4 is 10.8 Å². The smallest absolute Gasteiger partial charge is 0.235 e. The molecule has 1 aromatic carbocycles. The molecular weight excluding hydrogens is 294 g/mol. The Kier molecular flexibility index (Phi) is 4.82. The molecule has 2 N–H and O–H groups in total. The molecule has 1 amide bonds. The molecule has 0 saturated carbocycles. The molecule has 0 bridgehead atoms. The zero-order chi connectivity index (χ0) is 12.1. The fraction of sp³-hybridized carbons (Fsp3) is 0.200. The summed E-state index contributed by atoms with van der Waals surface area (Å²) in [6, 6.07) is 6.99. The number of thioether (sulfide) groups is 1. The van der Waals surface area contributed by atoms with E-state index in [-0.39, 0.29) is 5.75 Å². The van der Waals surface area contributed by atoms with E-state index < -0.39 is 17.1 Å². The third-order valence-corrected chi connectivity index (χ3v) is 3.57. The van der Waals surface area contributed by atoms with E-state index in [2.05, 4.69) is 15.9 Å². The molecule has 4 nitrogen and oxygen atoms in total. The largest absolute Gasteiger partial charge is 0.549 e. The molecule has 0 heterocycles. The van der Waals surface area contributed by atoms with Crippen molar-refractivity contribution in [2.45, 2.75) is 5.25 Å². The minimum atomic E-state index is -1.21. The van der Waals surface area contributed by atoms with Gasteiger partial charge in [0.05, 0.1) is 5.97 Å². The highest BCUT2D eigenvalue weighted by atomic mass is 79.9. The van der Waals surface area contributed by atoms with Gasteiger partial charge in [0.2, 0.25) is 5.91 Å². The van der Waals surface area contributed by atoms with Crippen molar-refractivity contribution in [1.29, 1.82) is 0 Å². The highest BCUT2D eigenvalue weighted by molar-refractivity contribution is 9.10. The standard InChI is InChI=1S/C10H10BrNO3S/c11-7-3-1-6(2-4-7)9(10(12)15)16-5-8(13)14/h1-4,9H,5H2,(H2,12,15)(H,13,14)/p-1/t9-/m1/s1. The van der Waals surface area contributed by atoms with E-state index >= 15 is 0 Å². The molecule has 0 fully saturated rings. The Morgan fingerprint density at radius 3 is 2.38 bits per heavy atom. The first-order chi connectivity index (χ1) is 7.50. The van der Waals surface area contributed by atoms with Gasteiger partial charge in [-0.1, -0.05) is 28.1 Å². The summed E-state index contributed by atoms with van der Waals surface area (Å²) in [5.74, 6) is -2.04. The predicted octanol–water partition coefficient (Wildman–Crippen LogP) is 0.459. The van der Waals surface area contributed by atoms with Gasteiger partial charge in [0.15, 0.2) is 0 Å². The van der Waals surface area contributed by atoms with Crippen molar-refractivity contribution >= 4 is 39.6 Å². The van der Waals surface area contributed by atoms with Crippen molar-refractivity contribution in [2.75, 3.05) is 5.75 Å². The number of rotatable bonds is 5. The van der Waals surface area contributed by atoms with E-state index in [1.54, 1.807) is 24.3 Å². The summed E-state index contributed by atoms with van der Waals surface area (Å²) in [5, 5.41) is 9.66. The first-order valence-corrected chi connectivity index (χ1v) is 6.21. The van der Waals surface area contributed by atoms with Crippen LogP contribution in [0.15, 0.2) is 28.7 Å². The van der Waals surface area contributed by atoms with Crippen LogP contribution in [0.25, 0.3) is 0 Å². The van der Waals surface area contributed by atoms with Crippen molar-refractivity contribution in [1.82, 2.24) is 0 Å². The average Bonchev–Trinajstić information content (AvgIpc) is 2.20. The van der Waals surface area contributed by atoms with Gasteiger partial charge in [0, 0.05) is 10.2 Å². The van der Waals surface area contributed by atoms with Gasteiger partial charge in [0.1, 0.15) is 5.25 Å². The lowest BCUT2D eigenvalue weighted by Crippen LogP contribution is -2.27. The number of carbonyl (C=O) groups excluding carboxylic acids is 2. The molecule has 1 rings (SSSR count). The van der Waals surface area contributed by atoms with Gasteiger partial charge in [-0.3, -0.25) is 4.79 Å². The summed E-state index contributed by atoms with van der Waals surface area (Å²) in [6.45, 7) is 0. The molecule has 0 aliphatic heterocycles. The van der Waals surface area contributed by atoms with Crippen LogP contribution in [0.1, 0.15) is 10.8 Å². The zero-order valence-electron chi connectivity index (χ0n) is 8.18. The fourth-order valence-electron chi connectivity index (χ4n) is 1.13. The maximum Gasteiger partial charge on any atom is 0.235 e. The number of benzene rings is 1. The van der Waals surface area contributed by atoms with Gasteiger partial charge < -0.3 is 15.6 Å². The van der Waals surface area contributed by atoms with Crippen molar-refractivity contribution in [3.05, 3.63) is 34.3 Å². The Balaban J connectivity index is 2.81. The van der Waals surface area contributed by atoms with E-state index in [0.717, 1.165) is 16.2 Å². The molecule has 0 radical (unpaired) electrons. The van der Waals surface area contributed by atoms with E-state index in [0.29, 0.717) is 5.56 Å². The monoisotopic (exact) mass is 302 g/mol. The van der Waals surface area contributed by atoms with E-state index in [9.17, 15) is 14.7 Å². The molecule has 1 aromatic rings. The van der Waals surface area contributed by atoms with E-state index in [1.165, 1.54) is 0 Å². The Hall–Kier alpha value is -1.01. The lowest BCUT2D eigenvalue weighted by Gasteiger charge is -2.13. The van der Waals surface area contributed by atoms with Crippen LogP contribution in [0.4, 0.5) is 0 Å². The van der Waals surface area contributed by atoms with Crippen LogP contribution in [0.2, 0.25) is 0 Å². The molecule has 1 atom stereocenters. The van der Waals surface area contributed by atoms with Gasteiger partial charge in [-0.25, -0.2) is 0 Å². The zero-order valence-corrected chi connectivity index (χ0v) is 10.6. The molecule has 0 aliphatic carbocycles. The molecule has 0 saturated heterocycles. The highest BCUT2D eigenvalue weighted by Crippen LogP contribution is 2.28. The number of carbonyl (C=O) groups is 2. The van der Waals surface area contributed by atoms with Gasteiger partial charge in [-0.2, -0.15) is 0 Å². The third kappa shape index (κ3) is 3.86. The first-order valence-electron chi connectivity index (χ1n) is 4.37. The number of amides is 1. The van der Waals surface area contributed by atoms with Crippen LogP contribution >= 0.6 is 27.7 Å². The number of aliphatic carboxylic acids is 1. The fourth-order valence-corrected chi connectivity index (χ4v) is 2.21. The molecular formula is C10H9BrNO3S-. The number of carboxylic acid groups (broad SMARTS) is 1. The first kappa shape index (κ1) is 13.1. The van der Waals surface area contributed by atoms with Gasteiger partial charge in [-0.05, 0) is 17.7 Å². The average molecular weight is 303 g/mol. The normalized spacial score (nSPS) is 12.1. The van der Waals surface area contributed by atoms with E-state index in [4.69, 9.17) is 5.73 Å². The number of carboxylic acids is 1. The number of halogens is 1. The summed E-state index contributed by atoms with van der Waals surface area (Å²) in [5.41, 5.74) is 5.89. The van der Waals surface area contributed by atoms with Crippen molar-refractivity contribution in [2.24, 2.45) is 5.73 Å². The van der Waals surface area contributed by atoms with Crippen LogP contribution in [-0.4, -0.2) is 17.6 Å². The molecule has 0 unspecified atom stereocenters. The number of hydrogen-bond acceptors (Lipinski definition) is 4. The predicted molar refractivity (Wildman–Crippen MR) is 63.5 cm³/mol. The second kappa shape index (κ2) is 5.91. The maximum absolute atomic E-state index is 11.2. The number of hydrogen-bond donors (Lipinski definition) is 1. The highest BCUT2D eigenvalue weighted by Gasteiger charge is 2.17. The summed E-state index contributed by atoms with van der Waals surface area (Å²) in [4.78, 5) is 21.5. The van der Waals surface area contributed by atoms with E-state index in [1.807, 2.05) is 0 Å². The van der Waals surface area contributed by atoms with Gasteiger partial charge >= 0.3 is 0 Å². The molecule has 86 valence electrons. The van der Waals surface area contributed by atoms with Crippen LogP contribution in [0.5, 0.6) is 0 Å². The number of nitrogens with two attached hydrogens (primary N) is 1. The quantitative estimate of drug-likeness (QED) is 0.856. The van der Waals surface area contributed by atoms with Crippen LogP contribution in [0, 0.1) is 0 Å². The lowest BCUT2D eigenvalue weighted by molar-refractivity contribution is -0.301. The lowest BCUT2D eigenvalue weighted by atomic mass is 10.1. The summed E-state index contributed by atoms with van der Waals surface area (Å²) in [7, 11) is 0. The Labute approximate surface area is 105 Å². The minimum Gasteiger partial charge on any atom is -0.549 e. The molecule has 16 heavy (non-hydrogen) atoms. The van der Waals surface area contributed by atoms with Gasteiger partial charge in [0.25, 0.3) is 0 Å². The Bertz CT molecular complexity index is 394. The van der Waals surface area contributed by atoms with Gasteiger partial charge in [-0.15, -0.1) is 11.8 Å². The molecule has 0 aliphatic rings. The Morgan fingerprint density at radius 2 is 1.94 bits per heavy atom. The van der Waals surface area contributed by atoms with Crippen LogP contribution in [-0.2, 0) is 9.59 Å². The molecule has 0 spiro atoms. The minimum absolute atomic E-state index is 0.260. The number of primary amides is 1. The Morgan fingerprint density at radius 1 is 1.38 bits per heavy atom.